The zero-order valence-electron chi connectivity index (χ0n) is 13.9. The number of aryl methyl sites for hydroxylation is 1. The van der Waals surface area contributed by atoms with Crippen LogP contribution in [0.25, 0.3) is 10.8 Å². The molecule has 0 saturated carbocycles. The van der Waals surface area contributed by atoms with Crippen molar-refractivity contribution in [2.24, 2.45) is 5.10 Å². The van der Waals surface area contributed by atoms with E-state index in [1.54, 1.807) is 0 Å². The highest BCUT2D eigenvalue weighted by molar-refractivity contribution is 5.99. The minimum absolute atomic E-state index is 0.113. The first-order chi connectivity index (χ1) is 11.6. The van der Waals surface area contributed by atoms with Gasteiger partial charge in [0.05, 0.1) is 12.1 Å². The van der Waals surface area contributed by atoms with Gasteiger partial charge in [0.15, 0.2) is 0 Å². The van der Waals surface area contributed by atoms with Gasteiger partial charge in [0.25, 0.3) is 0 Å². The number of fused-ring (bicyclic) bond motifs is 1. The van der Waals surface area contributed by atoms with E-state index in [0.717, 1.165) is 27.6 Å². The molecule has 3 aromatic carbocycles. The largest absolute Gasteiger partial charge is 0.273 e. The van der Waals surface area contributed by atoms with E-state index in [-0.39, 0.29) is 5.91 Å². The standard InChI is InChI=1S/C21H20N2O/c1-15-10-12-17(13-11-15)16(2)22-23-21(24)14-19-8-5-7-18-6-3-4-9-20(18)19/h3-13H,14H2,1-2H3,(H,23,24)/b22-16+. The minimum Gasteiger partial charge on any atom is -0.273 e. The highest BCUT2D eigenvalue weighted by Gasteiger charge is 2.06. The number of hydrogen-bond donors (Lipinski definition) is 1. The molecule has 0 fully saturated rings. The van der Waals surface area contributed by atoms with Gasteiger partial charge in [-0.2, -0.15) is 5.10 Å². The van der Waals surface area contributed by atoms with Crippen LogP contribution in [0.4, 0.5) is 0 Å². The van der Waals surface area contributed by atoms with Crippen molar-refractivity contribution in [3.05, 3.63) is 83.4 Å². The molecule has 0 bridgehead atoms. The molecule has 0 aliphatic rings. The number of hydrogen-bond acceptors (Lipinski definition) is 2. The quantitative estimate of drug-likeness (QED) is 0.568. The van der Waals surface area contributed by atoms with Crippen molar-refractivity contribution in [2.45, 2.75) is 20.3 Å². The summed E-state index contributed by atoms with van der Waals surface area (Å²) < 4.78 is 0. The second-order valence-corrected chi connectivity index (χ2v) is 5.91. The lowest BCUT2D eigenvalue weighted by atomic mass is 10.0. The molecule has 3 aromatic rings. The third kappa shape index (κ3) is 3.69. The SMILES string of the molecule is C/C(=N\NC(=O)Cc1cccc2ccccc12)c1ccc(C)cc1. The van der Waals surface area contributed by atoms with Crippen LogP contribution >= 0.6 is 0 Å². The van der Waals surface area contributed by atoms with Crippen molar-refractivity contribution >= 4 is 22.4 Å². The summed E-state index contributed by atoms with van der Waals surface area (Å²) in [5.74, 6) is -0.113. The lowest BCUT2D eigenvalue weighted by molar-refractivity contribution is -0.120. The summed E-state index contributed by atoms with van der Waals surface area (Å²) >= 11 is 0. The average Bonchev–Trinajstić information content (AvgIpc) is 2.61. The van der Waals surface area contributed by atoms with Gasteiger partial charge < -0.3 is 0 Å². The Hall–Kier alpha value is -2.94. The maximum atomic E-state index is 12.2. The van der Waals surface area contributed by atoms with Crippen LogP contribution < -0.4 is 5.43 Å². The minimum atomic E-state index is -0.113. The number of nitrogens with zero attached hydrogens (tertiary/aromatic N) is 1. The van der Waals surface area contributed by atoms with E-state index in [9.17, 15) is 4.79 Å². The van der Waals surface area contributed by atoms with Crippen molar-refractivity contribution in [2.75, 3.05) is 0 Å². The molecule has 0 radical (unpaired) electrons. The van der Waals surface area contributed by atoms with E-state index in [0.29, 0.717) is 6.42 Å². The lowest BCUT2D eigenvalue weighted by Gasteiger charge is -2.06. The molecule has 0 aliphatic carbocycles. The predicted molar refractivity (Wildman–Crippen MR) is 99.2 cm³/mol. The fourth-order valence-corrected chi connectivity index (χ4v) is 2.66. The van der Waals surface area contributed by atoms with Crippen LogP contribution in [0.15, 0.2) is 71.8 Å². The summed E-state index contributed by atoms with van der Waals surface area (Å²) in [6.07, 6.45) is 0.312. The molecule has 24 heavy (non-hydrogen) atoms. The third-order valence-corrected chi connectivity index (χ3v) is 4.05. The van der Waals surface area contributed by atoms with E-state index < -0.39 is 0 Å². The second-order valence-electron chi connectivity index (χ2n) is 5.91. The van der Waals surface area contributed by atoms with Crippen LogP contribution in [0.2, 0.25) is 0 Å². The molecule has 3 rings (SSSR count). The number of carbonyl (C=O) groups excluding carboxylic acids is 1. The van der Waals surface area contributed by atoms with Crippen molar-refractivity contribution in [1.29, 1.82) is 0 Å². The van der Waals surface area contributed by atoms with Crippen LogP contribution in [0.3, 0.4) is 0 Å². The number of nitrogens with one attached hydrogen (secondary N) is 1. The van der Waals surface area contributed by atoms with Gasteiger partial charge in [-0.3, -0.25) is 4.79 Å². The second kappa shape index (κ2) is 7.09. The molecule has 0 saturated heterocycles. The fraction of sp³-hybridized carbons (Fsp3) is 0.143. The zero-order chi connectivity index (χ0) is 16.9. The summed E-state index contributed by atoms with van der Waals surface area (Å²) in [5, 5.41) is 6.46. The average molecular weight is 316 g/mol. The maximum Gasteiger partial charge on any atom is 0.244 e. The molecule has 1 N–H and O–H groups in total. The molecule has 3 heteroatoms. The smallest absolute Gasteiger partial charge is 0.244 e. The molecule has 0 atom stereocenters. The van der Waals surface area contributed by atoms with Gasteiger partial charge in [0, 0.05) is 0 Å². The molecule has 0 unspecified atom stereocenters. The molecule has 3 nitrogen and oxygen atoms in total. The van der Waals surface area contributed by atoms with E-state index in [2.05, 4.69) is 22.7 Å². The van der Waals surface area contributed by atoms with Gasteiger partial charge in [0.1, 0.15) is 0 Å². The molecule has 1 amide bonds. The van der Waals surface area contributed by atoms with Crippen molar-refractivity contribution < 1.29 is 4.79 Å². The zero-order valence-corrected chi connectivity index (χ0v) is 13.9. The topological polar surface area (TPSA) is 41.5 Å². The van der Waals surface area contributed by atoms with Crippen molar-refractivity contribution in [3.8, 4) is 0 Å². The number of carbonyl (C=O) groups is 1. The Bertz CT molecular complexity index is 890. The highest BCUT2D eigenvalue weighted by atomic mass is 16.2. The van der Waals surface area contributed by atoms with Gasteiger partial charge in [-0.05, 0) is 35.7 Å². The molecule has 0 aliphatic heterocycles. The van der Waals surface area contributed by atoms with Crippen LogP contribution in [0.5, 0.6) is 0 Å². The van der Waals surface area contributed by atoms with Crippen molar-refractivity contribution in [3.63, 3.8) is 0 Å². The van der Waals surface area contributed by atoms with Gasteiger partial charge in [-0.15, -0.1) is 0 Å². The summed E-state index contributed by atoms with van der Waals surface area (Å²) in [6, 6.07) is 22.2. The van der Waals surface area contributed by atoms with Crippen molar-refractivity contribution in [1.82, 2.24) is 5.43 Å². The van der Waals surface area contributed by atoms with Crippen LogP contribution in [-0.2, 0) is 11.2 Å². The predicted octanol–water partition coefficient (Wildman–Crippen LogP) is 4.23. The van der Waals surface area contributed by atoms with Crippen LogP contribution in [0, 0.1) is 6.92 Å². The number of amides is 1. The number of rotatable bonds is 4. The van der Waals surface area contributed by atoms with E-state index in [1.165, 1.54) is 5.56 Å². The molecule has 0 heterocycles. The summed E-state index contributed by atoms with van der Waals surface area (Å²) in [7, 11) is 0. The van der Waals surface area contributed by atoms with E-state index in [4.69, 9.17) is 0 Å². The monoisotopic (exact) mass is 316 g/mol. The summed E-state index contributed by atoms with van der Waals surface area (Å²) in [4.78, 5) is 12.2. The summed E-state index contributed by atoms with van der Waals surface area (Å²) in [6.45, 7) is 3.94. The fourth-order valence-electron chi connectivity index (χ4n) is 2.66. The Morgan fingerprint density at radius 1 is 0.958 bits per heavy atom. The third-order valence-electron chi connectivity index (χ3n) is 4.05. The summed E-state index contributed by atoms with van der Waals surface area (Å²) in [5.41, 5.74) is 6.66. The molecule has 0 aromatic heterocycles. The van der Waals surface area contributed by atoms with Gasteiger partial charge in [-0.25, -0.2) is 5.43 Å². The van der Waals surface area contributed by atoms with Gasteiger partial charge in [-0.1, -0.05) is 72.3 Å². The Balaban J connectivity index is 1.71. The van der Waals surface area contributed by atoms with Crippen LogP contribution in [-0.4, -0.2) is 11.6 Å². The molecular formula is C21H20N2O. The van der Waals surface area contributed by atoms with E-state index >= 15 is 0 Å². The lowest BCUT2D eigenvalue weighted by Crippen LogP contribution is -2.21. The van der Waals surface area contributed by atoms with Crippen LogP contribution in [0.1, 0.15) is 23.6 Å². The Labute approximate surface area is 142 Å². The first-order valence-corrected chi connectivity index (χ1v) is 8.00. The van der Waals surface area contributed by atoms with Gasteiger partial charge >= 0.3 is 0 Å². The highest BCUT2D eigenvalue weighted by Crippen LogP contribution is 2.18. The number of benzene rings is 3. The molecular weight excluding hydrogens is 296 g/mol. The Morgan fingerprint density at radius 3 is 2.46 bits per heavy atom. The molecule has 0 spiro atoms. The number of hydrazone groups is 1. The van der Waals surface area contributed by atoms with Gasteiger partial charge in [0.2, 0.25) is 5.91 Å². The Kier molecular flexibility index (Phi) is 4.71. The first-order valence-electron chi connectivity index (χ1n) is 8.00. The first kappa shape index (κ1) is 15.9. The van der Waals surface area contributed by atoms with E-state index in [1.807, 2.05) is 68.4 Å². The maximum absolute atomic E-state index is 12.2. The Morgan fingerprint density at radius 2 is 1.67 bits per heavy atom. The normalized spacial score (nSPS) is 11.5. The molecule has 120 valence electrons.